The fraction of sp³-hybridized carbons (Fsp3) is 0.0476. The molecule has 0 spiro atoms. The highest BCUT2D eigenvalue weighted by molar-refractivity contribution is 5.95. The average molecular weight is 394 g/mol. The van der Waals surface area contributed by atoms with Crippen LogP contribution in [-0.2, 0) is 4.79 Å². The quantitative estimate of drug-likeness (QED) is 0.366. The van der Waals surface area contributed by atoms with Crippen LogP contribution in [0.15, 0.2) is 72.8 Å². The predicted molar refractivity (Wildman–Crippen MR) is 103 cm³/mol. The number of hydrogen-bond donors (Lipinski definition) is 1. The Morgan fingerprint density at radius 2 is 1.76 bits per heavy atom. The van der Waals surface area contributed by atoms with E-state index in [-0.39, 0.29) is 17.0 Å². The fourth-order valence-corrected chi connectivity index (χ4v) is 2.62. The van der Waals surface area contributed by atoms with Crippen LogP contribution in [0.3, 0.4) is 0 Å². The van der Waals surface area contributed by atoms with Gasteiger partial charge in [-0.15, -0.1) is 0 Å². The normalized spacial score (nSPS) is 11.3. The maximum Gasteiger partial charge on any atom is 0.270 e. The number of non-ortho nitro benzene ring substituents is 1. The Morgan fingerprint density at radius 1 is 1.07 bits per heavy atom. The Bertz CT molecular complexity index is 1040. The topological polar surface area (TPSA) is 98.5 Å². The predicted octanol–water partition coefficient (Wildman–Crippen LogP) is 4.31. The first-order chi connectivity index (χ1) is 14.0. The second kappa shape index (κ2) is 8.75. The molecule has 7 nitrogen and oxygen atoms in total. The van der Waals surface area contributed by atoms with Gasteiger partial charge in [-0.1, -0.05) is 30.3 Å². The highest BCUT2D eigenvalue weighted by atomic mass is 19.1. The summed E-state index contributed by atoms with van der Waals surface area (Å²) >= 11 is 0. The van der Waals surface area contributed by atoms with Crippen molar-refractivity contribution < 1.29 is 23.6 Å². The highest BCUT2D eigenvalue weighted by Crippen LogP contribution is 2.29. The van der Waals surface area contributed by atoms with Crippen molar-refractivity contribution in [1.29, 1.82) is 0 Å². The van der Waals surface area contributed by atoms with Gasteiger partial charge in [0.2, 0.25) is 6.10 Å². The lowest BCUT2D eigenvalue weighted by molar-refractivity contribution is -0.384. The minimum absolute atomic E-state index is 0.0220. The zero-order valence-corrected chi connectivity index (χ0v) is 14.9. The monoisotopic (exact) mass is 394 g/mol. The summed E-state index contributed by atoms with van der Waals surface area (Å²) in [6.45, 7) is 0. The van der Waals surface area contributed by atoms with Crippen LogP contribution in [0, 0.1) is 15.9 Å². The Hall–Kier alpha value is -4.07. The van der Waals surface area contributed by atoms with Crippen molar-refractivity contribution in [2.24, 2.45) is 0 Å². The molecule has 3 rings (SSSR count). The molecule has 1 atom stereocenters. The zero-order chi connectivity index (χ0) is 20.8. The van der Waals surface area contributed by atoms with Gasteiger partial charge in [-0.05, 0) is 30.3 Å². The molecule has 0 fully saturated rings. The van der Waals surface area contributed by atoms with Gasteiger partial charge < -0.3 is 10.1 Å². The van der Waals surface area contributed by atoms with E-state index < -0.39 is 22.8 Å². The number of ether oxygens (including phenoxy) is 1. The van der Waals surface area contributed by atoms with Crippen molar-refractivity contribution >= 4 is 23.6 Å². The number of nitrogens with zero attached hydrogens (tertiary/aromatic N) is 1. The van der Waals surface area contributed by atoms with Crippen molar-refractivity contribution in [3.63, 3.8) is 0 Å². The van der Waals surface area contributed by atoms with Crippen molar-refractivity contribution in [3.05, 3.63) is 99.9 Å². The molecule has 0 saturated carbocycles. The minimum Gasteiger partial charge on any atom is -0.475 e. The molecule has 0 aliphatic carbocycles. The molecular weight excluding hydrogens is 379 g/mol. The van der Waals surface area contributed by atoms with E-state index in [1.54, 1.807) is 30.3 Å². The number of anilines is 1. The summed E-state index contributed by atoms with van der Waals surface area (Å²) in [6, 6.07) is 17.3. The van der Waals surface area contributed by atoms with Crippen LogP contribution >= 0.6 is 0 Å². The van der Waals surface area contributed by atoms with Gasteiger partial charge in [0.25, 0.3) is 11.6 Å². The van der Waals surface area contributed by atoms with E-state index in [0.717, 1.165) is 6.07 Å². The van der Waals surface area contributed by atoms with Crippen molar-refractivity contribution in [3.8, 4) is 5.75 Å². The summed E-state index contributed by atoms with van der Waals surface area (Å²) in [5.74, 6) is -0.980. The lowest BCUT2D eigenvalue weighted by Crippen LogP contribution is -2.26. The van der Waals surface area contributed by atoms with Crippen LogP contribution < -0.4 is 10.1 Å². The third-order valence-corrected chi connectivity index (χ3v) is 4.03. The SMILES string of the molecule is O=Cc1cc([N+](=O)[O-])ccc1O[C@@H](C(=O)Nc1ccc(F)cc1)c1ccccc1. The van der Waals surface area contributed by atoms with E-state index in [2.05, 4.69) is 5.32 Å². The number of amides is 1. The Labute approximate surface area is 164 Å². The molecular formula is C21H15FN2O5. The molecule has 1 amide bonds. The second-order valence-corrected chi connectivity index (χ2v) is 6.00. The Morgan fingerprint density at radius 3 is 2.38 bits per heavy atom. The number of benzene rings is 3. The summed E-state index contributed by atoms with van der Waals surface area (Å²) in [5, 5.41) is 13.5. The number of hydrogen-bond acceptors (Lipinski definition) is 5. The number of nitro benzene ring substituents is 1. The zero-order valence-electron chi connectivity index (χ0n) is 14.9. The summed E-state index contributed by atoms with van der Waals surface area (Å²) in [4.78, 5) is 34.5. The molecule has 0 aliphatic heterocycles. The van der Waals surface area contributed by atoms with Gasteiger partial charge in [0.05, 0.1) is 10.5 Å². The fourth-order valence-electron chi connectivity index (χ4n) is 2.62. The molecule has 0 aliphatic rings. The molecule has 0 saturated heterocycles. The van der Waals surface area contributed by atoms with Crippen LogP contribution in [-0.4, -0.2) is 17.1 Å². The molecule has 3 aromatic rings. The van der Waals surface area contributed by atoms with Gasteiger partial charge in [0, 0.05) is 23.4 Å². The molecule has 29 heavy (non-hydrogen) atoms. The molecule has 0 unspecified atom stereocenters. The molecule has 8 heteroatoms. The van der Waals surface area contributed by atoms with Crippen molar-refractivity contribution in [1.82, 2.24) is 0 Å². The van der Waals surface area contributed by atoms with Gasteiger partial charge in [0.15, 0.2) is 6.29 Å². The number of carbonyl (C=O) groups excluding carboxylic acids is 2. The standard InChI is InChI=1S/C21H15FN2O5/c22-16-6-8-17(9-7-16)23-21(26)20(14-4-2-1-3-5-14)29-19-11-10-18(24(27)28)12-15(19)13-25/h1-13,20H,(H,23,26)/t20-/m1/s1. The number of nitrogens with one attached hydrogen (secondary N) is 1. The maximum absolute atomic E-state index is 13.1. The first kappa shape index (κ1) is 19.7. The van der Waals surface area contributed by atoms with Gasteiger partial charge in [0.1, 0.15) is 11.6 Å². The number of halogens is 1. The van der Waals surface area contributed by atoms with E-state index in [4.69, 9.17) is 4.74 Å². The van der Waals surface area contributed by atoms with Gasteiger partial charge in [-0.2, -0.15) is 0 Å². The molecule has 0 bridgehead atoms. The molecule has 146 valence electrons. The van der Waals surface area contributed by atoms with E-state index in [1.807, 2.05) is 0 Å². The minimum atomic E-state index is -1.15. The van der Waals surface area contributed by atoms with Crippen LogP contribution in [0.4, 0.5) is 15.8 Å². The van der Waals surface area contributed by atoms with Crippen LogP contribution in [0.25, 0.3) is 0 Å². The second-order valence-electron chi connectivity index (χ2n) is 6.00. The van der Waals surface area contributed by atoms with Gasteiger partial charge >= 0.3 is 0 Å². The third-order valence-electron chi connectivity index (χ3n) is 4.03. The lowest BCUT2D eigenvalue weighted by atomic mass is 10.1. The molecule has 0 radical (unpaired) electrons. The number of rotatable bonds is 7. The smallest absolute Gasteiger partial charge is 0.270 e. The third kappa shape index (κ3) is 4.81. The number of carbonyl (C=O) groups is 2. The largest absolute Gasteiger partial charge is 0.475 e. The first-order valence-corrected chi connectivity index (χ1v) is 8.49. The van der Waals surface area contributed by atoms with E-state index in [9.17, 15) is 24.1 Å². The number of aldehydes is 1. The molecule has 0 heterocycles. The van der Waals surface area contributed by atoms with Crippen LogP contribution in [0.5, 0.6) is 5.75 Å². The molecule has 1 N–H and O–H groups in total. The van der Waals surface area contributed by atoms with Crippen molar-refractivity contribution in [2.75, 3.05) is 5.32 Å². The van der Waals surface area contributed by atoms with Gasteiger partial charge in [-0.25, -0.2) is 4.39 Å². The Balaban J connectivity index is 1.92. The summed E-state index contributed by atoms with van der Waals surface area (Å²) in [5.41, 5.74) is 0.531. The lowest BCUT2D eigenvalue weighted by Gasteiger charge is -2.20. The average Bonchev–Trinajstić information content (AvgIpc) is 2.74. The first-order valence-electron chi connectivity index (χ1n) is 8.49. The summed E-state index contributed by atoms with van der Waals surface area (Å²) < 4.78 is 18.9. The van der Waals surface area contributed by atoms with Crippen LogP contribution in [0.2, 0.25) is 0 Å². The van der Waals surface area contributed by atoms with E-state index in [1.165, 1.54) is 36.4 Å². The Kier molecular flexibility index (Phi) is 5.94. The number of nitro groups is 1. The van der Waals surface area contributed by atoms with E-state index >= 15 is 0 Å². The summed E-state index contributed by atoms with van der Waals surface area (Å²) in [7, 11) is 0. The molecule has 3 aromatic carbocycles. The van der Waals surface area contributed by atoms with E-state index in [0.29, 0.717) is 17.5 Å². The molecule has 0 aromatic heterocycles. The van der Waals surface area contributed by atoms with Gasteiger partial charge in [-0.3, -0.25) is 19.7 Å². The van der Waals surface area contributed by atoms with Crippen LogP contribution in [0.1, 0.15) is 22.0 Å². The summed E-state index contributed by atoms with van der Waals surface area (Å²) in [6.07, 6.45) is -0.733. The van der Waals surface area contributed by atoms with Crippen molar-refractivity contribution in [2.45, 2.75) is 6.10 Å². The maximum atomic E-state index is 13.1. The highest BCUT2D eigenvalue weighted by Gasteiger charge is 2.24.